The molecule has 0 fully saturated rings. The molecule has 3 rings (SSSR count). The molecule has 0 aliphatic carbocycles. The van der Waals surface area contributed by atoms with Gasteiger partial charge >= 0.3 is 5.97 Å². The molecule has 0 amide bonds. The minimum Gasteiger partial charge on any atom is -0.493 e. The van der Waals surface area contributed by atoms with Gasteiger partial charge in [0.2, 0.25) is 0 Å². The van der Waals surface area contributed by atoms with Crippen LogP contribution in [0.1, 0.15) is 17.5 Å². The van der Waals surface area contributed by atoms with Crippen molar-refractivity contribution in [3.63, 3.8) is 0 Å². The lowest BCUT2D eigenvalue weighted by Gasteiger charge is -2.14. The molecule has 0 heterocycles. The van der Waals surface area contributed by atoms with Crippen LogP contribution in [0.4, 0.5) is 5.69 Å². The van der Waals surface area contributed by atoms with Crippen molar-refractivity contribution in [3.8, 4) is 11.5 Å². The summed E-state index contributed by atoms with van der Waals surface area (Å²) in [5.74, 6) is 0.483. The van der Waals surface area contributed by atoms with Gasteiger partial charge in [-0.2, -0.15) is 0 Å². The Labute approximate surface area is 191 Å². The highest BCUT2D eigenvalue weighted by Crippen LogP contribution is 2.25. The molecule has 7 heteroatoms. The molecule has 0 spiro atoms. The van der Waals surface area contributed by atoms with Gasteiger partial charge < -0.3 is 19.9 Å². The summed E-state index contributed by atoms with van der Waals surface area (Å²) >= 11 is 11.7. The highest BCUT2D eigenvalue weighted by Gasteiger charge is 2.11. The van der Waals surface area contributed by atoms with Crippen molar-refractivity contribution >= 4 is 40.5 Å². The van der Waals surface area contributed by atoms with E-state index >= 15 is 0 Å². The molecule has 0 saturated carbocycles. The van der Waals surface area contributed by atoms with Gasteiger partial charge in [-0.05, 0) is 48.0 Å². The van der Waals surface area contributed by atoms with E-state index < -0.39 is 5.97 Å². The highest BCUT2D eigenvalue weighted by molar-refractivity contribution is 7.81. The summed E-state index contributed by atoms with van der Waals surface area (Å²) in [6.45, 7) is 0.910. The summed E-state index contributed by atoms with van der Waals surface area (Å²) in [4.78, 5) is 11.3. The number of para-hydroxylation sites is 1. The van der Waals surface area contributed by atoms with E-state index in [1.807, 2.05) is 30.3 Å². The number of ether oxygens (including phenoxy) is 2. The minimum atomic E-state index is -0.856. The summed E-state index contributed by atoms with van der Waals surface area (Å²) in [5, 5.41) is 12.6. The third kappa shape index (κ3) is 7.27. The van der Waals surface area contributed by atoms with E-state index in [1.54, 1.807) is 42.5 Å². The molecule has 3 aromatic carbocycles. The van der Waals surface area contributed by atoms with E-state index in [0.717, 1.165) is 16.8 Å². The molecule has 0 aromatic heterocycles. The van der Waals surface area contributed by atoms with Gasteiger partial charge in [-0.3, -0.25) is 4.79 Å². The molecule has 0 radical (unpaired) electrons. The number of carboxylic acids is 1. The minimum absolute atomic E-state index is 0.00145. The molecule has 0 aliphatic heterocycles. The Morgan fingerprint density at radius 3 is 2.39 bits per heavy atom. The fourth-order valence-corrected chi connectivity index (χ4v) is 3.28. The number of thiocarbonyl (C=S) groups is 1. The zero-order valence-corrected chi connectivity index (χ0v) is 18.3. The van der Waals surface area contributed by atoms with Crippen LogP contribution in [0, 0.1) is 0 Å². The smallest absolute Gasteiger partial charge is 0.307 e. The summed E-state index contributed by atoms with van der Waals surface area (Å²) < 4.78 is 11.6. The van der Waals surface area contributed by atoms with Gasteiger partial charge in [0.25, 0.3) is 0 Å². The van der Waals surface area contributed by atoms with Crippen molar-refractivity contribution in [2.75, 3.05) is 18.5 Å². The molecule has 2 N–H and O–H groups in total. The summed E-state index contributed by atoms with van der Waals surface area (Å²) in [6.07, 6.45) is 0.663. The van der Waals surface area contributed by atoms with Crippen molar-refractivity contribution in [2.45, 2.75) is 12.8 Å². The van der Waals surface area contributed by atoms with Gasteiger partial charge in [-0.15, -0.1) is 0 Å². The molecule has 0 bridgehead atoms. The predicted molar refractivity (Wildman–Crippen MR) is 127 cm³/mol. The molecule has 0 atom stereocenters. The van der Waals surface area contributed by atoms with Crippen molar-refractivity contribution in [1.82, 2.24) is 0 Å². The lowest BCUT2D eigenvalue weighted by molar-refractivity contribution is -0.136. The molecule has 5 nitrogen and oxygen atoms in total. The zero-order valence-electron chi connectivity index (χ0n) is 16.7. The third-order valence-corrected chi connectivity index (χ3v) is 4.87. The second-order valence-corrected chi connectivity index (χ2v) is 7.57. The van der Waals surface area contributed by atoms with Crippen LogP contribution in [0.3, 0.4) is 0 Å². The first-order chi connectivity index (χ1) is 15.0. The topological polar surface area (TPSA) is 67.8 Å². The Bertz CT molecular complexity index is 1030. The van der Waals surface area contributed by atoms with E-state index in [4.69, 9.17) is 38.4 Å². The number of rotatable bonds is 10. The molecule has 31 heavy (non-hydrogen) atoms. The lowest BCUT2D eigenvalue weighted by Crippen LogP contribution is -2.13. The van der Waals surface area contributed by atoms with E-state index in [0.29, 0.717) is 41.1 Å². The monoisotopic (exact) mass is 455 g/mol. The fraction of sp³-hybridized carbons (Fsp3) is 0.167. The lowest BCUT2D eigenvalue weighted by atomic mass is 10.1. The largest absolute Gasteiger partial charge is 0.493 e. The number of carboxylic acid groups (broad SMARTS) is 1. The second-order valence-electron chi connectivity index (χ2n) is 6.73. The van der Waals surface area contributed by atoms with Gasteiger partial charge in [-0.1, -0.05) is 54.2 Å². The Balaban J connectivity index is 1.50. The number of hydrogen-bond acceptors (Lipinski definition) is 4. The number of halogens is 1. The summed E-state index contributed by atoms with van der Waals surface area (Å²) in [5.41, 5.74) is 2.35. The van der Waals surface area contributed by atoms with Crippen molar-refractivity contribution < 1.29 is 19.4 Å². The van der Waals surface area contributed by atoms with Crippen LogP contribution in [0.15, 0.2) is 72.8 Å². The van der Waals surface area contributed by atoms with Crippen LogP contribution < -0.4 is 14.8 Å². The molecular formula is C24H22ClNO4S. The van der Waals surface area contributed by atoms with Crippen molar-refractivity contribution in [1.29, 1.82) is 0 Å². The Morgan fingerprint density at radius 1 is 0.968 bits per heavy atom. The first-order valence-corrected chi connectivity index (χ1v) is 10.5. The molecule has 0 saturated heterocycles. The summed E-state index contributed by atoms with van der Waals surface area (Å²) in [7, 11) is 0. The third-order valence-electron chi connectivity index (χ3n) is 4.31. The van der Waals surface area contributed by atoms with E-state index in [2.05, 4.69) is 5.32 Å². The van der Waals surface area contributed by atoms with Gasteiger partial charge in [0.1, 0.15) is 16.5 Å². The number of carbonyl (C=O) groups is 1. The SMILES string of the molecule is O=C(O)Cc1ccc(OCCCOc2ccc(Cl)cc2C(=S)Nc2ccccc2)cc1. The quantitative estimate of drug-likeness (QED) is 0.306. The molecule has 0 unspecified atom stereocenters. The maximum atomic E-state index is 10.7. The van der Waals surface area contributed by atoms with Gasteiger partial charge in [0, 0.05) is 17.1 Å². The first-order valence-electron chi connectivity index (χ1n) is 9.73. The van der Waals surface area contributed by atoms with Crippen LogP contribution in [-0.4, -0.2) is 29.3 Å². The Morgan fingerprint density at radius 2 is 1.68 bits per heavy atom. The average molecular weight is 456 g/mol. The average Bonchev–Trinajstić information content (AvgIpc) is 2.76. The van der Waals surface area contributed by atoms with Crippen LogP contribution in [0.2, 0.25) is 5.02 Å². The number of nitrogens with one attached hydrogen (secondary N) is 1. The van der Waals surface area contributed by atoms with Crippen LogP contribution in [0.5, 0.6) is 11.5 Å². The molecule has 0 aliphatic rings. The van der Waals surface area contributed by atoms with Crippen LogP contribution >= 0.6 is 23.8 Å². The Hall–Kier alpha value is -3.09. The van der Waals surface area contributed by atoms with Gasteiger partial charge in [0.05, 0.1) is 25.2 Å². The number of benzene rings is 3. The van der Waals surface area contributed by atoms with E-state index in [-0.39, 0.29) is 6.42 Å². The van der Waals surface area contributed by atoms with E-state index in [1.165, 1.54) is 0 Å². The predicted octanol–water partition coefficient (Wildman–Crippen LogP) is 5.60. The van der Waals surface area contributed by atoms with Crippen LogP contribution in [-0.2, 0) is 11.2 Å². The van der Waals surface area contributed by atoms with Gasteiger partial charge in [0.15, 0.2) is 0 Å². The molecule has 160 valence electrons. The van der Waals surface area contributed by atoms with Crippen molar-refractivity contribution in [2.24, 2.45) is 0 Å². The van der Waals surface area contributed by atoms with Gasteiger partial charge in [-0.25, -0.2) is 0 Å². The number of hydrogen-bond donors (Lipinski definition) is 2. The Kier molecular flexibility index (Phi) is 8.27. The molecular weight excluding hydrogens is 434 g/mol. The van der Waals surface area contributed by atoms with Crippen LogP contribution in [0.25, 0.3) is 0 Å². The maximum absolute atomic E-state index is 10.7. The normalized spacial score (nSPS) is 10.4. The standard InChI is InChI=1S/C24H22ClNO4S/c25-18-9-12-22(21(16-18)24(31)26-19-5-2-1-3-6-19)30-14-4-13-29-20-10-7-17(8-11-20)15-23(27)28/h1-3,5-12,16H,4,13-15H2,(H,26,31)(H,27,28). The van der Waals surface area contributed by atoms with Crippen molar-refractivity contribution in [3.05, 3.63) is 88.9 Å². The zero-order chi connectivity index (χ0) is 22.1. The molecule has 3 aromatic rings. The number of anilines is 1. The second kappa shape index (κ2) is 11.3. The highest BCUT2D eigenvalue weighted by atomic mass is 35.5. The maximum Gasteiger partial charge on any atom is 0.307 e. The summed E-state index contributed by atoms with van der Waals surface area (Å²) in [6, 6.07) is 22.1. The first kappa shape index (κ1) is 22.6. The van der Waals surface area contributed by atoms with E-state index in [9.17, 15) is 4.79 Å². The number of aliphatic carboxylic acids is 1. The fourth-order valence-electron chi connectivity index (χ4n) is 2.83.